The van der Waals surface area contributed by atoms with Gasteiger partial charge in [-0.15, -0.1) is 0 Å². The number of rotatable bonds is 2. The monoisotopic (exact) mass is 246 g/mol. The van der Waals surface area contributed by atoms with E-state index < -0.39 is 0 Å². The summed E-state index contributed by atoms with van der Waals surface area (Å²) in [6.07, 6.45) is 3.59. The van der Waals surface area contributed by atoms with Crippen molar-refractivity contribution in [3.05, 3.63) is 34.4 Å². The highest BCUT2D eigenvalue weighted by Crippen LogP contribution is 2.44. The summed E-state index contributed by atoms with van der Waals surface area (Å²) in [5.41, 5.74) is 1.01. The second-order valence-electron chi connectivity index (χ2n) is 5.41. The number of nitro benzene ring substituents is 1. The molecule has 1 fully saturated rings. The van der Waals surface area contributed by atoms with Crippen LogP contribution in [0.4, 0.5) is 11.4 Å². The van der Waals surface area contributed by atoms with E-state index in [4.69, 9.17) is 5.11 Å². The summed E-state index contributed by atoms with van der Waals surface area (Å²) >= 11 is 0. The Bertz CT molecular complexity index is 541. The Hall–Kier alpha value is -1.78. The maximum Gasteiger partial charge on any atom is 0.276 e. The zero-order valence-electron chi connectivity index (χ0n) is 10.4. The first-order valence-corrected chi connectivity index (χ1v) is 6.33. The van der Waals surface area contributed by atoms with Gasteiger partial charge in [0.2, 0.25) is 5.69 Å². The minimum atomic E-state index is -0.359. The number of hydrogen-bond donors (Lipinski definition) is 0. The van der Waals surface area contributed by atoms with Crippen LogP contribution in [0.25, 0.3) is 0 Å². The summed E-state index contributed by atoms with van der Waals surface area (Å²) in [5, 5.41) is 15.5. The molecule has 1 saturated carbocycles. The smallest absolute Gasteiger partial charge is 0.258 e. The van der Waals surface area contributed by atoms with Crippen molar-refractivity contribution >= 4 is 11.4 Å². The lowest BCUT2D eigenvalue weighted by Crippen LogP contribution is -2.23. The van der Waals surface area contributed by atoms with Crippen molar-refractivity contribution in [2.75, 3.05) is 6.54 Å². The van der Waals surface area contributed by atoms with E-state index in [1.54, 1.807) is 12.1 Å². The van der Waals surface area contributed by atoms with E-state index in [2.05, 4.69) is 6.92 Å². The van der Waals surface area contributed by atoms with Crippen LogP contribution in [0.2, 0.25) is 0 Å². The summed E-state index contributed by atoms with van der Waals surface area (Å²) < 4.78 is 1.94. The molecule has 2 aliphatic rings. The van der Waals surface area contributed by atoms with Crippen LogP contribution in [0.3, 0.4) is 0 Å². The third-order valence-corrected chi connectivity index (χ3v) is 4.20. The average Bonchev–Trinajstić information content (AvgIpc) is 2.84. The van der Waals surface area contributed by atoms with E-state index in [1.807, 2.05) is 10.8 Å². The third-order valence-electron chi connectivity index (χ3n) is 4.20. The number of benzene rings is 1. The molecule has 1 aromatic rings. The van der Waals surface area contributed by atoms with Crippen molar-refractivity contribution in [1.82, 2.24) is 0 Å². The topological polar surface area (TPSA) is 58.5 Å². The number of nitrogens with zero attached hydrogens (tertiary/aromatic N) is 3. The molecule has 0 saturated heterocycles. The molecular weight excluding hydrogens is 230 g/mol. The van der Waals surface area contributed by atoms with E-state index in [0.717, 1.165) is 18.7 Å². The first-order chi connectivity index (χ1) is 8.58. The van der Waals surface area contributed by atoms with Gasteiger partial charge in [0.15, 0.2) is 6.54 Å². The zero-order chi connectivity index (χ0) is 12.8. The molecule has 1 aromatic carbocycles. The van der Waals surface area contributed by atoms with Crippen LogP contribution in [0.5, 0.6) is 0 Å². The second-order valence-corrected chi connectivity index (χ2v) is 5.41. The minimum Gasteiger partial charge on any atom is -0.258 e. The van der Waals surface area contributed by atoms with Crippen LogP contribution in [0.15, 0.2) is 29.4 Å². The first-order valence-electron chi connectivity index (χ1n) is 6.33. The van der Waals surface area contributed by atoms with Gasteiger partial charge in [-0.05, 0) is 30.9 Å². The molecule has 0 aromatic heterocycles. The molecule has 5 nitrogen and oxygen atoms in total. The van der Waals surface area contributed by atoms with Gasteiger partial charge in [0, 0.05) is 12.1 Å². The highest BCUT2D eigenvalue weighted by atomic mass is 16.6. The number of fused-ring (bicyclic) bond motifs is 1. The van der Waals surface area contributed by atoms with Gasteiger partial charge >= 0.3 is 0 Å². The Morgan fingerprint density at radius 2 is 2.39 bits per heavy atom. The quantitative estimate of drug-likeness (QED) is 0.457. The highest BCUT2D eigenvalue weighted by Gasteiger charge is 2.50. The molecule has 0 bridgehead atoms. The Morgan fingerprint density at radius 3 is 3.11 bits per heavy atom. The molecule has 1 aliphatic heterocycles. The summed E-state index contributed by atoms with van der Waals surface area (Å²) in [7, 11) is 0. The maximum absolute atomic E-state index is 10.8. The van der Waals surface area contributed by atoms with E-state index in [1.165, 1.54) is 18.9 Å². The molecule has 0 radical (unpaired) electrons. The second kappa shape index (κ2) is 3.86. The Labute approximate surface area is 105 Å². The van der Waals surface area contributed by atoms with Gasteiger partial charge in [0.05, 0.1) is 16.9 Å². The van der Waals surface area contributed by atoms with Gasteiger partial charge in [0.1, 0.15) is 5.54 Å². The van der Waals surface area contributed by atoms with Crippen molar-refractivity contribution in [2.45, 2.75) is 31.7 Å². The number of nitro groups is 1. The van der Waals surface area contributed by atoms with Crippen LogP contribution in [-0.4, -0.2) is 21.7 Å². The van der Waals surface area contributed by atoms with Gasteiger partial charge < -0.3 is 0 Å². The van der Waals surface area contributed by atoms with Crippen LogP contribution in [0, 0.1) is 16.0 Å². The fourth-order valence-corrected chi connectivity index (χ4v) is 3.10. The molecule has 1 aliphatic carbocycles. The van der Waals surface area contributed by atoms with Crippen molar-refractivity contribution in [1.29, 1.82) is 0 Å². The number of azo groups is 2. The number of non-ortho nitro benzene ring substituents is 1. The molecule has 94 valence electrons. The fraction of sp³-hybridized carbons (Fsp3) is 0.538. The molecule has 0 unspecified atom stereocenters. The third kappa shape index (κ3) is 1.70. The molecule has 18 heavy (non-hydrogen) atoms. The van der Waals surface area contributed by atoms with Gasteiger partial charge in [-0.1, -0.05) is 11.1 Å². The van der Waals surface area contributed by atoms with Gasteiger partial charge in [-0.25, -0.2) is 0 Å². The Balaban J connectivity index is 1.95. The molecule has 5 heteroatoms. The van der Waals surface area contributed by atoms with Crippen molar-refractivity contribution in [3.63, 3.8) is 0 Å². The molecule has 2 atom stereocenters. The van der Waals surface area contributed by atoms with Crippen molar-refractivity contribution in [3.8, 4) is 0 Å². The molecule has 0 amide bonds. The molecule has 1 heterocycles. The fourth-order valence-electron chi connectivity index (χ4n) is 3.10. The lowest BCUT2D eigenvalue weighted by atomic mass is 9.91. The lowest BCUT2D eigenvalue weighted by Gasteiger charge is -2.12. The van der Waals surface area contributed by atoms with Crippen LogP contribution in [0.1, 0.15) is 26.2 Å². The maximum atomic E-state index is 10.8. The van der Waals surface area contributed by atoms with Crippen molar-refractivity contribution < 1.29 is 9.62 Å². The normalized spacial score (nSPS) is 30.1. The van der Waals surface area contributed by atoms with Crippen LogP contribution < -0.4 is 0 Å². The minimum absolute atomic E-state index is 0.0463. The Morgan fingerprint density at radius 1 is 1.56 bits per heavy atom. The summed E-state index contributed by atoms with van der Waals surface area (Å²) in [6.45, 7) is 3.08. The van der Waals surface area contributed by atoms with Gasteiger partial charge in [0.25, 0.3) is 5.69 Å². The van der Waals surface area contributed by atoms with E-state index in [9.17, 15) is 10.1 Å². The largest absolute Gasteiger partial charge is 0.276 e. The van der Waals surface area contributed by atoms with Crippen LogP contribution >= 0.6 is 0 Å². The standard InChI is InChI=1S/C13H16N3O2/c1-13-7-3-4-10(13)9-15(14-13)11-5-2-6-12(8-11)16(17)18/h2,5-6,8,10H,3-4,7,9H2,1H3/q+1/t10-,13-/m0/s1. The first kappa shape index (κ1) is 11.3. The van der Waals surface area contributed by atoms with E-state index >= 15 is 0 Å². The van der Waals surface area contributed by atoms with E-state index in [0.29, 0.717) is 5.92 Å². The predicted octanol–water partition coefficient (Wildman–Crippen LogP) is 3.26. The number of hydrogen-bond acceptors (Lipinski definition) is 3. The van der Waals surface area contributed by atoms with Crippen LogP contribution in [-0.2, 0) is 0 Å². The van der Waals surface area contributed by atoms with Crippen molar-refractivity contribution in [2.24, 2.45) is 11.0 Å². The average molecular weight is 246 g/mol. The summed E-state index contributed by atoms with van der Waals surface area (Å²) in [5.74, 6) is 0.594. The molecular formula is C13H16N3O2+. The summed E-state index contributed by atoms with van der Waals surface area (Å²) in [6, 6.07) is 6.73. The summed E-state index contributed by atoms with van der Waals surface area (Å²) in [4.78, 5) is 10.4. The molecule has 3 rings (SSSR count). The molecule has 0 spiro atoms. The van der Waals surface area contributed by atoms with E-state index in [-0.39, 0.29) is 16.1 Å². The zero-order valence-corrected chi connectivity index (χ0v) is 10.4. The predicted molar refractivity (Wildman–Crippen MR) is 66.1 cm³/mol. The molecule has 0 N–H and O–H groups in total. The highest BCUT2D eigenvalue weighted by molar-refractivity contribution is 5.42. The Kier molecular flexibility index (Phi) is 2.43. The lowest BCUT2D eigenvalue weighted by molar-refractivity contribution is -0.504. The SMILES string of the molecule is C[C@]12CCC[C@H]1C[N+](c1cccc([N+](=O)[O-])c1)=N2. The van der Waals surface area contributed by atoms with Gasteiger partial charge in [-0.3, -0.25) is 10.1 Å². The van der Waals surface area contributed by atoms with Gasteiger partial charge in [-0.2, -0.15) is 0 Å².